The molecule has 0 radical (unpaired) electrons. The first kappa shape index (κ1) is 20.8. The smallest absolute Gasteiger partial charge is 0.383 e. The zero-order chi connectivity index (χ0) is 20.2. The third-order valence-corrected chi connectivity index (χ3v) is 4.35. The first-order chi connectivity index (χ1) is 12.7. The maximum Gasteiger partial charge on any atom is 0.405 e. The van der Waals surface area contributed by atoms with Crippen molar-refractivity contribution in [1.29, 1.82) is 0 Å². The minimum atomic E-state index is -4.58. The van der Waals surface area contributed by atoms with Crippen molar-refractivity contribution < 1.29 is 18.0 Å². The molecule has 0 unspecified atom stereocenters. The quantitative estimate of drug-likeness (QED) is 0.742. The van der Waals surface area contributed by atoms with E-state index in [1.54, 1.807) is 10.2 Å². The lowest BCUT2D eigenvalue weighted by Gasteiger charge is -2.30. The van der Waals surface area contributed by atoms with E-state index in [9.17, 15) is 27.6 Å². The molecule has 0 bridgehead atoms. The van der Waals surface area contributed by atoms with E-state index in [1.165, 1.54) is 4.57 Å². The molecule has 0 saturated carbocycles. The highest BCUT2D eigenvalue weighted by atomic mass is 19.4. The first-order valence-corrected chi connectivity index (χ1v) is 8.87. The third kappa shape index (κ3) is 5.04. The molecule has 8 nitrogen and oxygen atoms in total. The molecule has 1 aliphatic rings. The molecule has 0 aromatic carbocycles. The normalized spacial score (nSPS) is 15.0. The number of piperidine rings is 1. The average Bonchev–Trinajstić information content (AvgIpc) is 2.61. The minimum Gasteiger partial charge on any atom is -0.383 e. The van der Waals surface area contributed by atoms with Crippen LogP contribution in [0.5, 0.6) is 0 Å². The second-order valence-electron chi connectivity index (χ2n) is 6.50. The van der Waals surface area contributed by atoms with Gasteiger partial charge in [-0.05, 0) is 25.7 Å². The number of alkyl halides is 3. The fourth-order valence-corrected chi connectivity index (χ4v) is 3.09. The van der Waals surface area contributed by atoms with Gasteiger partial charge in [0.15, 0.2) is 0 Å². The van der Waals surface area contributed by atoms with E-state index in [2.05, 4.69) is 0 Å². The lowest BCUT2D eigenvalue weighted by atomic mass is 10.1. The zero-order valence-electron chi connectivity index (χ0n) is 15.1. The number of rotatable bonds is 6. The Bertz CT molecular complexity index is 794. The van der Waals surface area contributed by atoms with Gasteiger partial charge in [-0.25, -0.2) is 9.36 Å². The lowest BCUT2D eigenvalue weighted by Crippen LogP contribution is -2.48. The van der Waals surface area contributed by atoms with E-state index in [-0.39, 0.29) is 18.1 Å². The van der Waals surface area contributed by atoms with Crippen molar-refractivity contribution in [2.45, 2.75) is 51.9 Å². The molecular weight excluding hydrogens is 367 g/mol. The van der Waals surface area contributed by atoms with Crippen molar-refractivity contribution in [3.05, 3.63) is 20.8 Å². The van der Waals surface area contributed by atoms with Crippen LogP contribution >= 0.6 is 0 Å². The van der Waals surface area contributed by atoms with Gasteiger partial charge in [0.25, 0.3) is 5.56 Å². The second kappa shape index (κ2) is 8.49. The molecule has 0 aliphatic carbocycles. The van der Waals surface area contributed by atoms with Crippen molar-refractivity contribution in [3.63, 3.8) is 0 Å². The molecule has 1 aromatic rings. The van der Waals surface area contributed by atoms with Crippen LogP contribution < -0.4 is 27.2 Å². The highest BCUT2D eigenvalue weighted by Gasteiger charge is 2.28. The molecule has 1 aromatic heterocycles. The van der Waals surface area contributed by atoms with Gasteiger partial charge in [0.05, 0.1) is 0 Å². The van der Waals surface area contributed by atoms with Crippen LogP contribution in [0.3, 0.4) is 0 Å². The highest BCUT2D eigenvalue weighted by Crippen LogP contribution is 2.21. The number of aromatic nitrogens is 2. The van der Waals surface area contributed by atoms with Crippen molar-refractivity contribution in [2.75, 3.05) is 30.3 Å². The van der Waals surface area contributed by atoms with Crippen LogP contribution in [0.2, 0.25) is 0 Å². The van der Waals surface area contributed by atoms with Gasteiger partial charge in [-0.3, -0.25) is 14.2 Å². The van der Waals surface area contributed by atoms with Gasteiger partial charge in [-0.15, -0.1) is 0 Å². The molecule has 152 valence electrons. The van der Waals surface area contributed by atoms with Gasteiger partial charge in [0.2, 0.25) is 5.91 Å². The monoisotopic (exact) mass is 391 g/mol. The van der Waals surface area contributed by atoms with E-state index in [0.717, 1.165) is 19.3 Å². The summed E-state index contributed by atoms with van der Waals surface area (Å²) in [5, 5.41) is 1.67. The maximum absolute atomic E-state index is 12.8. The molecule has 1 saturated heterocycles. The Morgan fingerprint density at radius 3 is 2.33 bits per heavy atom. The number of nitrogens with zero attached hydrogens (tertiary/aromatic N) is 3. The largest absolute Gasteiger partial charge is 0.405 e. The number of amides is 1. The molecule has 3 N–H and O–H groups in total. The lowest BCUT2D eigenvalue weighted by molar-refractivity contribution is -0.138. The van der Waals surface area contributed by atoms with Crippen LogP contribution in [-0.2, 0) is 17.9 Å². The summed E-state index contributed by atoms with van der Waals surface area (Å²) in [6.45, 7) is 0.901. The van der Waals surface area contributed by atoms with Crippen LogP contribution in [0.1, 0.15) is 32.6 Å². The Hall–Kier alpha value is -2.46. The Labute approximate surface area is 153 Å². The molecule has 1 aliphatic heterocycles. The molecule has 11 heteroatoms. The second-order valence-corrected chi connectivity index (χ2v) is 6.50. The molecule has 0 spiro atoms. The fourth-order valence-electron chi connectivity index (χ4n) is 3.09. The predicted octanol–water partition coefficient (Wildman–Crippen LogP) is 0.671. The van der Waals surface area contributed by atoms with Crippen LogP contribution in [0, 0.1) is 0 Å². The molecule has 1 fully saturated rings. The van der Waals surface area contributed by atoms with Crippen molar-refractivity contribution >= 4 is 17.4 Å². The summed E-state index contributed by atoms with van der Waals surface area (Å²) in [5.74, 6) is -1.04. The number of nitrogen functional groups attached to an aromatic ring is 1. The summed E-state index contributed by atoms with van der Waals surface area (Å²) >= 11 is 0. The number of hydrogen-bond acceptors (Lipinski definition) is 5. The van der Waals surface area contributed by atoms with Crippen LogP contribution in [-0.4, -0.2) is 40.9 Å². The molecule has 0 atom stereocenters. The van der Waals surface area contributed by atoms with E-state index < -0.39 is 36.4 Å². The Morgan fingerprint density at radius 2 is 1.78 bits per heavy atom. The van der Waals surface area contributed by atoms with Gasteiger partial charge in [-0.1, -0.05) is 6.92 Å². The van der Waals surface area contributed by atoms with Crippen molar-refractivity contribution in [3.8, 4) is 0 Å². The number of halogens is 3. The predicted molar refractivity (Wildman–Crippen MR) is 94.8 cm³/mol. The van der Waals surface area contributed by atoms with Crippen LogP contribution in [0.25, 0.3) is 0 Å². The van der Waals surface area contributed by atoms with E-state index in [0.29, 0.717) is 24.1 Å². The van der Waals surface area contributed by atoms with E-state index >= 15 is 0 Å². The summed E-state index contributed by atoms with van der Waals surface area (Å²) in [4.78, 5) is 39.0. The zero-order valence-corrected chi connectivity index (χ0v) is 15.1. The minimum absolute atomic E-state index is 0.0284. The molecule has 2 heterocycles. The van der Waals surface area contributed by atoms with Crippen LogP contribution in [0.15, 0.2) is 9.59 Å². The van der Waals surface area contributed by atoms with Gasteiger partial charge >= 0.3 is 11.9 Å². The number of nitrogens with one attached hydrogen (secondary N) is 1. The number of carbonyl (C=O) groups excluding carboxylic acids is 1. The van der Waals surface area contributed by atoms with Gasteiger partial charge < -0.3 is 16.0 Å². The first-order valence-electron chi connectivity index (χ1n) is 8.87. The maximum atomic E-state index is 12.8. The van der Waals surface area contributed by atoms with Gasteiger partial charge in [0, 0.05) is 19.6 Å². The van der Waals surface area contributed by atoms with Crippen LogP contribution in [0.4, 0.5) is 24.7 Å². The van der Waals surface area contributed by atoms with Crippen molar-refractivity contribution in [1.82, 2.24) is 14.5 Å². The summed E-state index contributed by atoms with van der Waals surface area (Å²) in [5.41, 5.74) is 4.65. The highest BCUT2D eigenvalue weighted by molar-refractivity contribution is 5.76. The number of nitrogens with two attached hydrogens (primary N) is 1. The third-order valence-electron chi connectivity index (χ3n) is 4.35. The summed E-state index contributed by atoms with van der Waals surface area (Å²) in [7, 11) is 0. The summed E-state index contributed by atoms with van der Waals surface area (Å²) in [6, 6.07) is 0. The number of hydrogen-bond donors (Lipinski definition) is 2. The molecule has 27 heavy (non-hydrogen) atoms. The molecular formula is C16H24F3N5O3. The Balaban J connectivity index is 2.43. The summed E-state index contributed by atoms with van der Waals surface area (Å²) in [6.07, 6.45) is -1.29. The Kier molecular flexibility index (Phi) is 6.55. The van der Waals surface area contributed by atoms with Gasteiger partial charge in [0.1, 0.15) is 24.6 Å². The number of anilines is 2. The molecule has 1 amide bonds. The summed E-state index contributed by atoms with van der Waals surface area (Å²) < 4.78 is 38.6. The molecule has 2 rings (SSSR count). The SMILES string of the molecule is CCCn1c(N)c(N2CCCCC2)c(=O)n(CC(=O)NCC(F)(F)F)c1=O. The average molecular weight is 391 g/mol. The van der Waals surface area contributed by atoms with Gasteiger partial charge in [-0.2, -0.15) is 13.2 Å². The van der Waals surface area contributed by atoms with E-state index in [4.69, 9.17) is 5.73 Å². The standard InChI is InChI=1S/C16H24F3N5O3/c1-2-6-23-13(20)12(22-7-4-3-5-8-22)14(26)24(15(23)27)9-11(25)21-10-16(17,18)19/h2-10,20H2,1H3,(H,21,25). The van der Waals surface area contributed by atoms with Crippen molar-refractivity contribution in [2.24, 2.45) is 0 Å². The Morgan fingerprint density at radius 1 is 1.15 bits per heavy atom. The topological polar surface area (TPSA) is 102 Å². The fraction of sp³-hybridized carbons (Fsp3) is 0.688. The van der Waals surface area contributed by atoms with E-state index in [1.807, 2.05) is 6.92 Å². The number of carbonyl (C=O) groups is 1.